The number of morpholine rings is 1. The highest BCUT2D eigenvalue weighted by atomic mass is 16.5. The first-order valence-corrected chi connectivity index (χ1v) is 12.4. The summed E-state index contributed by atoms with van der Waals surface area (Å²) in [6, 6.07) is 23.6. The summed E-state index contributed by atoms with van der Waals surface area (Å²) in [7, 11) is 1.63. The fourth-order valence-electron chi connectivity index (χ4n) is 4.06. The normalized spacial score (nSPS) is 13.7. The van der Waals surface area contributed by atoms with E-state index in [9.17, 15) is 4.79 Å². The number of hydrogen-bond acceptors (Lipinski definition) is 5. The van der Waals surface area contributed by atoms with E-state index in [0.29, 0.717) is 31.2 Å². The largest absolute Gasteiger partial charge is 0.493 e. The minimum atomic E-state index is -0.129. The topological polar surface area (TPSA) is 63.3 Å². The molecule has 0 bridgehead atoms. The number of anilines is 1. The SMILES string of the molecule is COc1cc(CN(CCN2CCOCC2)C(=O)Nc2ccc(C)cc2)ccc1OCc1ccccc1. The van der Waals surface area contributed by atoms with Crippen LogP contribution in [0.25, 0.3) is 0 Å². The highest BCUT2D eigenvalue weighted by Crippen LogP contribution is 2.29. The van der Waals surface area contributed by atoms with Crippen LogP contribution in [0.2, 0.25) is 0 Å². The second-order valence-electron chi connectivity index (χ2n) is 8.93. The second kappa shape index (κ2) is 13.0. The van der Waals surface area contributed by atoms with Gasteiger partial charge in [-0.05, 0) is 42.3 Å². The van der Waals surface area contributed by atoms with Crippen LogP contribution in [-0.2, 0) is 17.9 Å². The summed E-state index contributed by atoms with van der Waals surface area (Å²) in [5, 5.41) is 3.04. The van der Waals surface area contributed by atoms with Crippen LogP contribution in [0.3, 0.4) is 0 Å². The number of aryl methyl sites for hydroxylation is 1. The van der Waals surface area contributed by atoms with E-state index >= 15 is 0 Å². The van der Waals surface area contributed by atoms with Gasteiger partial charge in [0.05, 0.1) is 20.3 Å². The Morgan fingerprint density at radius 3 is 2.44 bits per heavy atom. The zero-order valence-electron chi connectivity index (χ0n) is 21.1. The number of benzene rings is 3. The number of carbonyl (C=O) groups is 1. The Kier molecular flexibility index (Phi) is 9.19. The Bertz CT molecular complexity index is 1100. The molecule has 1 N–H and O–H groups in total. The molecule has 1 aliphatic heterocycles. The van der Waals surface area contributed by atoms with E-state index < -0.39 is 0 Å². The maximum atomic E-state index is 13.3. The molecule has 0 radical (unpaired) electrons. The molecule has 3 aromatic carbocycles. The van der Waals surface area contributed by atoms with Gasteiger partial charge < -0.3 is 24.4 Å². The molecule has 0 aliphatic carbocycles. The molecule has 0 aromatic heterocycles. The highest BCUT2D eigenvalue weighted by molar-refractivity contribution is 5.89. The number of ether oxygens (including phenoxy) is 3. The number of urea groups is 1. The summed E-state index contributed by atoms with van der Waals surface area (Å²) in [5.74, 6) is 1.32. The molecular formula is C29H35N3O4. The van der Waals surface area contributed by atoms with Crippen LogP contribution in [0, 0.1) is 6.92 Å². The van der Waals surface area contributed by atoms with E-state index in [2.05, 4.69) is 10.2 Å². The molecule has 1 saturated heterocycles. The van der Waals surface area contributed by atoms with Crippen molar-refractivity contribution in [3.63, 3.8) is 0 Å². The zero-order valence-corrected chi connectivity index (χ0v) is 21.1. The zero-order chi connectivity index (χ0) is 25.2. The summed E-state index contributed by atoms with van der Waals surface area (Å²) >= 11 is 0. The predicted molar refractivity (Wildman–Crippen MR) is 142 cm³/mol. The van der Waals surface area contributed by atoms with Crippen molar-refractivity contribution in [2.75, 3.05) is 51.8 Å². The van der Waals surface area contributed by atoms with Gasteiger partial charge in [-0.25, -0.2) is 4.79 Å². The first kappa shape index (κ1) is 25.5. The second-order valence-corrected chi connectivity index (χ2v) is 8.93. The molecule has 0 unspecified atom stereocenters. The van der Waals surface area contributed by atoms with E-state index in [1.807, 2.05) is 84.6 Å². The third-order valence-electron chi connectivity index (χ3n) is 6.22. The van der Waals surface area contributed by atoms with Gasteiger partial charge in [0.25, 0.3) is 0 Å². The van der Waals surface area contributed by atoms with Crippen LogP contribution in [0.15, 0.2) is 72.8 Å². The molecule has 36 heavy (non-hydrogen) atoms. The van der Waals surface area contributed by atoms with Gasteiger partial charge in [0.2, 0.25) is 0 Å². The number of hydrogen-bond donors (Lipinski definition) is 1. The average Bonchev–Trinajstić information content (AvgIpc) is 2.92. The maximum absolute atomic E-state index is 13.3. The summed E-state index contributed by atoms with van der Waals surface area (Å²) in [6.45, 7) is 7.57. The van der Waals surface area contributed by atoms with Crippen molar-refractivity contribution in [3.05, 3.63) is 89.5 Å². The molecule has 190 valence electrons. The monoisotopic (exact) mass is 489 g/mol. The molecule has 0 spiro atoms. The van der Waals surface area contributed by atoms with Crippen LogP contribution in [0.1, 0.15) is 16.7 Å². The van der Waals surface area contributed by atoms with Crippen LogP contribution in [-0.4, -0.2) is 62.3 Å². The summed E-state index contributed by atoms with van der Waals surface area (Å²) in [6.07, 6.45) is 0. The Balaban J connectivity index is 1.45. The van der Waals surface area contributed by atoms with Gasteiger partial charge in [-0.3, -0.25) is 4.90 Å². The fraction of sp³-hybridized carbons (Fsp3) is 0.345. The molecule has 1 fully saturated rings. The smallest absolute Gasteiger partial charge is 0.322 e. The molecule has 0 saturated carbocycles. The maximum Gasteiger partial charge on any atom is 0.322 e. The third-order valence-corrected chi connectivity index (χ3v) is 6.22. The number of nitrogens with zero attached hydrogens (tertiary/aromatic N) is 2. The quantitative estimate of drug-likeness (QED) is 0.437. The number of amides is 2. The molecule has 7 heteroatoms. The first-order valence-electron chi connectivity index (χ1n) is 12.4. The van der Waals surface area contributed by atoms with Gasteiger partial charge in [-0.2, -0.15) is 0 Å². The van der Waals surface area contributed by atoms with Crippen molar-refractivity contribution < 1.29 is 19.0 Å². The van der Waals surface area contributed by atoms with Gasteiger partial charge in [0.15, 0.2) is 11.5 Å². The van der Waals surface area contributed by atoms with Crippen molar-refractivity contribution in [1.29, 1.82) is 0 Å². The van der Waals surface area contributed by atoms with Gasteiger partial charge >= 0.3 is 6.03 Å². The third kappa shape index (κ3) is 7.47. The molecule has 2 amide bonds. The highest BCUT2D eigenvalue weighted by Gasteiger charge is 2.18. The number of methoxy groups -OCH3 is 1. The molecule has 1 heterocycles. The van der Waals surface area contributed by atoms with Gasteiger partial charge in [0, 0.05) is 38.4 Å². The van der Waals surface area contributed by atoms with Crippen molar-refractivity contribution >= 4 is 11.7 Å². The lowest BCUT2D eigenvalue weighted by Gasteiger charge is -2.30. The molecule has 4 rings (SSSR count). The van der Waals surface area contributed by atoms with E-state index in [-0.39, 0.29) is 6.03 Å². The van der Waals surface area contributed by atoms with E-state index in [1.54, 1.807) is 7.11 Å². The number of nitrogens with one attached hydrogen (secondary N) is 1. The van der Waals surface area contributed by atoms with Crippen LogP contribution < -0.4 is 14.8 Å². The molecule has 3 aromatic rings. The van der Waals surface area contributed by atoms with E-state index in [4.69, 9.17) is 14.2 Å². The minimum absolute atomic E-state index is 0.129. The lowest BCUT2D eigenvalue weighted by molar-refractivity contribution is 0.0349. The standard InChI is InChI=1S/C29H35N3O4/c1-23-8-11-26(12-9-23)30-29(33)32(15-14-31-16-18-35-19-17-31)21-25-10-13-27(28(20-25)34-2)36-22-24-6-4-3-5-7-24/h3-13,20H,14-19,21-22H2,1-2H3,(H,30,33). The van der Waals surface area contributed by atoms with E-state index in [0.717, 1.165) is 55.2 Å². The number of carbonyl (C=O) groups excluding carboxylic acids is 1. The molecular weight excluding hydrogens is 454 g/mol. The van der Waals surface area contributed by atoms with Gasteiger partial charge in [-0.1, -0.05) is 54.1 Å². The summed E-state index contributed by atoms with van der Waals surface area (Å²) < 4.78 is 17.1. The Morgan fingerprint density at radius 2 is 1.72 bits per heavy atom. The van der Waals surface area contributed by atoms with Crippen LogP contribution in [0.4, 0.5) is 10.5 Å². The lowest BCUT2D eigenvalue weighted by atomic mass is 10.2. The van der Waals surface area contributed by atoms with Crippen LogP contribution in [0.5, 0.6) is 11.5 Å². The molecule has 1 aliphatic rings. The summed E-state index contributed by atoms with van der Waals surface area (Å²) in [4.78, 5) is 17.4. The van der Waals surface area contributed by atoms with Crippen LogP contribution >= 0.6 is 0 Å². The fourth-order valence-corrected chi connectivity index (χ4v) is 4.06. The van der Waals surface area contributed by atoms with Crippen molar-refractivity contribution in [3.8, 4) is 11.5 Å². The predicted octanol–water partition coefficient (Wildman–Crippen LogP) is 4.95. The van der Waals surface area contributed by atoms with E-state index in [1.165, 1.54) is 0 Å². The van der Waals surface area contributed by atoms with Crippen molar-refractivity contribution in [2.24, 2.45) is 0 Å². The van der Waals surface area contributed by atoms with Crippen molar-refractivity contribution in [2.45, 2.75) is 20.1 Å². The lowest BCUT2D eigenvalue weighted by Crippen LogP contribution is -2.44. The van der Waals surface area contributed by atoms with Gasteiger partial charge in [0.1, 0.15) is 6.61 Å². The molecule has 7 nitrogen and oxygen atoms in total. The van der Waals surface area contributed by atoms with Gasteiger partial charge in [-0.15, -0.1) is 0 Å². The minimum Gasteiger partial charge on any atom is -0.493 e. The summed E-state index contributed by atoms with van der Waals surface area (Å²) in [5.41, 5.74) is 3.99. The Morgan fingerprint density at radius 1 is 0.972 bits per heavy atom. The average molecular weight is 490 g/mol. The Hall–Kier alpha value is -3.55. The van der Waals surface area contributed by atoms with Crippen molar-refractivity contribution in [1.82, 2.24) is 9.80 Å². The first-order chi connectivity index (χ1) is 17.6. The number of rotatable bonds is 10. The Labute approximate surface area is 213 Å². The molecule has 0 atom stereocenters.